The van der Waals surface area contributed by atoms with Crippen LogP contribution in [0, 0.1) is 5.92 Å². The maximum Gasteiger partial charge on any atom is 0.246 e. The van der Waals surface area contributed by atoms with E-state index < -0.39 is 9.84 Å². The minimum absolute atomic E-state index is 0.0351. The van der Waals surface area contributed by atoms with Crippen molar-refractivity contribution in [1.29, 1.82) is 0 Å². The minimum atomic E-state index is -3.03. The van der Waals surface area contributed by atoms with Gasteiger partial charge in [0, 0.05) is 37.7 Å². The van der Waals surface area contributed by atoms with Gasteiger partial charge in [-0.25, -0.2) is 8.42 Å². The molecule has 3 rings (SSSR count). The quantitative estimate of drug-likeness (QED) is 0.665. The second-order valence-electron chi connectivity index (χ2n) is 7.93. The molecule has 0 bridgehead atoms. The molecule has 2 aliphatic heterocycles. The summed E-state index contributed by atoms with van der Waals surface area (Å²) in [6.45, 7) is 3.71. The molecule has 0 radical (unpaired) electrons. The molecule has 1 atom stereocenters. The highest BCUT2D eigenvalue weighted by Crippen LogP contribution is 2.25. The molecule has 0 spiro atoms. The number of hydrogen-bond acceptors (Lipinski definition) is 4. The Balaban J connectivity index is 1.55. The minimum Gasteiger partial charge on any atom is -0.339 e. The smallest absolute Gasteiger partial charge is 0.246 e. The van der Waals surface area contributed by atoms with Gasteiger partial charge in [-0.3, -0.25) is 9.59 Å². The zero-order valence-corrected chi connectivity index (χ0v) is 17.8. The summed E-state index contributed by atoms with van der Waals surface area (Å²) < 4.78 is 23.7. The van der Waals surface area contributed by atoms with Crippen molar-refractivity contribution < 1.29 is 18.0 Å². The van der Waals surface area contributed by atoms with Crippen molar-refractivity contribution in [3.05, 3.63) is 42.0 Å². The molecule has 1 unspecified atom stereocenters. The van der Waals surface area contributed by atoms with E-state index in [1.54, 1.807) is 15.9 Å². The Bertz CT molecular complexity index is 843. The van der Waals surface area contributed by atoms with Gasteiger partial charge in [0.25, 0.3) is 0 Å². The lowest BCUT2D eigenvalue weighted by Gasteiger charge is -2.36. The monoisotopic (exact) mass is 418 g/mol. The fraction of sp³-hybridized carbons (Fsp3) is 0.545. The molecule has 2 fully saturated rings. The third kappa shape index (κ3) is 5.69. The molecule has 0 saturated carbocycles. The topological polar surface area (TPSA) is 74.8 Å². The highest BCUT2D eigenvalue weighted by molar-refractivity contribution is 7.91. The van der Waals surface area contributed by atoms with Crippen LogP contribution in [-0.2, 0) is 19.4 Å². The Hall–Kier alpha value is -2.15. The number of piperidine rings is 1. The van der Waals surface area contributed by atoms with Gasteiger partial charge in [0.15, 0.2) is 9.84 Å². The van der Waals surface area contributed by atoms with E-state index in [0.717, 1.165) is 12.0 Å². The molecule has 2 saturated heterocycles. The Kier molecular flexibility index (Phi) is 7.11. The molecule has 0 aliphatic carbocycles. The van der Waals surface area contributed by atoms with Crippen LogP contribution in [0.3, 0.4) is 0 Å². The number of benzene rings is 1. The first-order valence-corrected chi connectivity index (χ1v) is 12.2. The Morgan fingerprint density at radius 1 is 1.14 bits per heavy atom. The molecule has 1 aromatic carbocycles. The van der Waals surface area contributed by atoms with Crippen molar-refractivity contribution in [3.63, 3.8) is 0 Å². The van der Waals surface area contributed by atoms with E-state index in [1.165, 1.54) is 0 Å². The van der Waals surface area contributed by atoms with Crippen molar-refractivity contribution in [1.82, 2.24) is 9.80 Å². The lowest BCUT2D eigenvalue weighted by Crippen LogP contribution is -2.48. The number of carbonyl (C=O) groups is 2. The maximum absolute atomic E-state index is 13.1. The van der Waals surface area contributed by atoms with Crippen LogP contribution in [0.25, 0.3) is 6.08 Å². The van der Waals surface area contributed by atoms with Crippen LogP contribution in [-0.4, -0.2) is 67.2 Å². The summed E-state index contributed by atoms with van der Waals surface area (Å²) in [6.07, 6.45) is 6.00. The van der Waals surface area contributed by atoms with Gasteiger partial charge < -0.3 is 9.80 Å². The van der Waals surface area contributed by atoms with Crippen molar-refractivity contribution in [2.45, 2.75) is 38.6 Å². The third-order valence-corrected chi connectivity index (χ3v) is 7.52. The van der Waals surface area contributed by atoms with Crippen LogP contribution < -0.4 is 0 Å². The second kappa shape index (κ2) is 9.57. The van der Waals surface area contributed by atoms with E-state index in [0.29, 0.717) is 38.9 Å². The Labute approximate surface area is 173 Å². The predicted octanol–water partition coefficient (Wildman–Crippen LogP) is 2.36. The lowest BCUT2D eigenvalue weighted by atomic mass is 9.94. The average Bonchev–Trinajstić information content (AvgIpc) is 3.10. The fourth-order valence-corrected chi connectivity index (χ4v) is 5.88. The molecule has 29 heavy (non-hydrogen) atoms. The van der Waals surface area contributed by atoms with Crippen LogP contribution in [0.2, 0.25) is 0 Å². The molecule has 158 valence electrons. The zero-order valence-electron chi connectivity index (χ0n) is 17.0. The number of rotatable bonds is 6. The normalized spacial score (nSPS) is 22.1. The molecular weight excluding hydrogens is 388 g/mol. The first-order valence-electron chi connectivity index (χ1n) is 10.4. The maximum atomic E-state index is 13.1. The van der Waals surface area contributed by atoms with Gasteiger partial charge >= 0.3 is 0 Å². The number of amides is 2. The molecule has 7 heteroatoms. The number of hydrogen-bond donors (Lipinski definition) is 0. The van der Waals surface area contributed by atoms with Crippen LogP contribution in [0.5, 0.6) is 0 Å². The van der Waals surface area contributed by atoms with Gasteiger partial charge in [0.2, 0.25) is 11.8 Å². The van der Waals surface area contributed by atoms with Crippen molar-refractivity contribution >= 4 is 27.7 Å². The van der Waals surface area contributed by atoms with E-state index in [2.05, 4.69) is 0 Å². The van der Waals surface area contributed by atoms with Gasteiger partial charge in [0.05, 0.1) is 11.5 Å². The van der Waals surface area contributed by atoms with Gasteiger partial charge in [-0.15, -0.1) is 0 Å². The summed E-state index contributed by atoms with van der Waals surface area (Å²) >= 11 is 0. The first kappa shape index (κ1) is 21.6. The second-order valence-corrected chi connectivity index (χ2v) is 10.2. The van der Waals surface area contributed by atoms with Gasteiger partial charge in [0.1, 0.15) is 0 Å². The summed E-state index contributed by atoms with van der Waals surface area (Å²) in [5, 5.41) is 0. The molecule has 0 N–H and O–H groups in total. The fourth-order valence-electron chi connectivity index (χ4n) is 4.15. The van der Waals surface area contributed by atoms with Crippen molar-refractivity contribution in [2.24, 2.45) is 5.92 Å². The standard InChI is InChI=1S/C22H30N2O4S/c1-2-13-24(20-12-16-29(27,28)17-20)22(26)19-10-14-23(15-11-19)21(25)9-8-18-6-4-3-5-7-18/h3-9,19-20H,2,10-17H2,1H3/b9-8+. The highest BCUT2D eigenvalue weighted by atomic mass is 32.2. The molecule has 0 aromatic heterocycles. The van der Waals surface area contributed by atoms with Crippen LogP contribution in [0.1, 0.15) is 38.2 Å². The van der Waals surface area contributed by atoms with Gasteiger partial charge in [-0.05, 0) is 37.3 Å². The number of likely N-dealkylation sites (tertiary alicyclic amines) is 1. The molecule has 1 aromatic rings. The van der Waals surface area contributed by atoms with E-state index >= 15 is 0 Å². The van der Waals surface area contributed by atoms with E-state index in [9.17, 15) is 18.0 Å². The summed E-state index contributed by atoms with van der Waals surface area (Å²) in [7, 11) is -3.03. The SMILES string of the molecule is CCCN(C(=O)C1CCN(C(=O)/C=C/c2ccccc2)CC1)C1CCS(=O)(=O)C1. The van der Waals surface area contributed by atoms with E-state index in [1.807, 2.05) is 43.3 Å². The third-order valence-electron chi connectivity index (χ3n) is 5.77. The van der Waals surface area contributed by atoms with Gasteiger partial charge in [-0.2, -0.15) is 0 Å². The first-order chi connectivity index (χ1) is 13.9. The average molecular weight is 419 g/mol. The van der Waals surface area contributed by atoms with Crippen LogP contribution >= 0.6 is 0 Å². The lowest BCUT2D eigenvalue weighted by molar-refractivity contribution is -0.141. The largest absolute Gasteiger partial charge is 0.339 e. The highest BCUT2D eigenvalue weighted by Gasteiger charge is 2.37. The summed E-state index contributed by atoms with van der Waals surface area (Å²) in [5.74, 6) is 0.145. The molecule has 2 amide bonds. The van der Waals surface area contributed by atoms with E-state index in [-0.39, 0.29) is 35.3 Å². The van der Waals surface area contributed by atoms with Crippen molar-refractivity contribution in [3.8, 4) is 0 Å². The van der Waals surface area contributed by atoms with E-state index in [4.69, 9.17) is 0 Å². The Morgan fingerprint density at radius 2 is 1.83 bits per heavy atom. The molecular formula is C22H30N2O4S. The zero-order chi connectivity index (χ0) is 20.9. The number of carbonyl (C=O) groups excluding carboxylic acids is 2. The molecule has 6 nitrogen and oxygen atoms in total. The number of nitrogens with zero attached hydrogens (tertiary/aromatic N) is 2. The molecule has 2 heterocycles. The molecule has 2 aliphatic rings. The van der Waals surface area contributed by atoms with Gasteiger partial charge in [-0.1, -0.05) is 37.3 Å². The number of sulfone groups is 1. The summed E-state index contributed by atoms with van der Waals surface area (Å²) in [5.41, 5.74) is 0.979. The Morgan fingerprint density at radius 3 is 2.41 bits per heavy atom. The predicted molar refractivity (Wildman–Crippen MR) is 114 cm³/mol. The van der Waals surface area contributed by atoms with Crippen LogP contribution in [0.4, 0.5) is 0 Å². The summed E-state index contributed by atoms with van der Waals surface area (Å²) in [4.78, 5) is 29.1. The van der Waals surface area contributed by atoms with Crippen molar-refractivity contribution in [2.75, 3.05) is 31.1 Å². The van der Waals surface area contributed by atoms with Crippen LogP contribution in [0.15, 0.2) is 36.4 Å². The summed E-state index contributed by atoms with van der Waals surface area (Å²) in [6, 6.07) is 9.49.